The summed E-state index contributed by atoms with van der Waals surface area (Å²) in [6.07, 6.45) is 13.0. The monoisotopic (exact) mass is 516 g/mol. The molecule has 0 fully saturated rings. The first-order valence-corrected chi connectivity index (χ1v) is 14.7. The van der Waals surface area contributed by atoms with Crippen LogP contribution in [0.3, 0.4) is 0 Å². The fourth-order valence-electron chi connectivity index (χ4n) is 2.95. The lowest BCUT2D eigenvalue weighted by atomic mass is 10.1. The number of ether oxygens (including phenoxy) is 3. The zero-order valence-corrected chi connectivity index (χ0v) is 23.2. The van der Waals surface area contributed by atoms with Gasteiger partial charge < -0.3 is 23.6 Å². The van der Waals surface area contributed by atoms with Crippen molar-refractivity contribution in [3.63, 3.8) is 0 Å². The van der Waals surface area contributed by atoms with Crippen LogP contribution in [0.1, 0.15) is 64.2 Å². The van der Waals surface area contributed by atoms with E-state index in [4.69, 9.17) is 23.3 Å². The van der Waals surface area contributed by atoms with Gasteiger partial charge in [-0.15, -0.1) is 0 Å². The summed E-state index contributed by atoms with van der Waals surface area (Å²) in [5.74, 6) is 1.02. The first-order chi connectivity index (χ1) is 15.8. The molecule has 0 heterocycles. The molecule has 1 unspecified atom stereocenters. The highest BCUT2D eigenvalue weighted by Gasteiger charge is 2.22. The third-order valence-corrected chi connectivity index (χ3v) is 6.27. The third kappa shape index (κ3) is 28.4. The van der Waals surface area contributed by atoms with Crippen LogP contribution in [0.2, 0.25) is 0 Å². The Hall–Kier alpha value is 0.300. The maximum Gasteiger partial charge on any atom is 0.472 e. The molecule has 8 nitrogen and oxygen atoms in total. The van der Waals surface area contributed by atoms with Crippen molar-refractivity contribution >= 4 is 20.5 Å². The highest BCUT2D eigenvalue weighted by atomic mass is 32.1. The Morgan fingerprint density at radius 2 is 1.00 bits per heavy atom. The van der Waals surface area contributed by atoms with Crippen LogP contribution in [-0.4, -0.2) is 95.7 Å². The number of phosphoric acid groups is 1. The van der Waals surface area contributed by atoms with Crippen LogP contribution in [0.25, 0.3) is 0 Å². The molecule has 0 spiro atoms. The van der Waals surface area contributed by atoms with Gasteiger partial charge in [0.1, 0.15) is 13.2 Å². The van der Waals surface area contributed by atoms with E-state index < -0.39 is 7.82 Å². The maximum absolute atomic E-state index is 11.7. The van der Waals surface area contributed by atoms with E-state index in [0.717, 1.165) is 18.8 Å². The molecule has 0 saturated heterocycles. The second-order valence-electron chi connectivity index (χ2n) is 9.25. The predicted octanol–water partition coefficient (Wildman–Crippen LogP) is 4.71. The van der Waals surface area contributed by atoms with E-state index in [1.807, 2.05) is 21.1 Å². The van der Waals surface area contributed by atoms with Gasteiger partial charge in [-0.25, -0.2) is 4.57 Å². The minimum Gasteiger partial charge on any atom is -0.379 e. The van der Waals surface area contributed by atoms with Crippen LogP contribution in [-0.2, 0) is 27.8 Å². The third-order valence-electron chi connectivity index (χ3n) is 4.94. The fraction of sp³-hybridized carbons (Fsp3) is 1.00. The second-order valence-corrected chi connectivity index (χ2v) is 11.1. The number of nitrogens with zero attached hydrogens (tertiary/aromatic N) is 1. The van der Waals surface area contributed by atoms with Crippen LogP contribution in [0.15, 0.2) is 0 Å². The van der Waals surface area contributed by atoms with Crippen molar-refractivity contribution in [3.8, 4) is 0 Å². The quantitative estimate of drug-likeness (QED) is 0.0746. The second kappa shape index (κ2) is 22.7. The highest BCUT2D eigenvalue weighted by molar-refractivity contribution is 7.80. The summed E-state index contributed by atoms with van der Waals surface area (Å²) in [5.41, 5.74) is 0. The van der Waals surface area contributed by atoms with Crippen molar-refractivity contribution < 1.29 is 37.2 Å². The number of quaternary nitrogens is 1. The first-order valence-electron chi connectivity index (χ1n) is 12.5. The molecule has 0 saturated carbocycles. The summed E-state index contributed by atoms with van der Waals surface area (Å²) in [4.78, 5) is 9.58. The molecule has 0 aromatic heterocycles. The lowest BCUT2D eigenvalue weighted by Gasteiger charge is -2.24. The molecule has 0 aliphatic rings. The summed E-state index contributed by atoms with van der Waals surface area (Å²) < 4.78 is 38.5. The minimum atomic E-state index is -4.01. The summed E-state index contributed by atoms with van der Waals surface area (Å²) in [5, 5.41) is 0. The predicted molar refractivity (Wildman–Crippen MR) is 137 cm³/mol. The highest BCUT2D eigenvalue weighted by Crippen LogP contribution is 2.42. The molecule has 1 atom stereocenters. The lowest BCUT2D eigenvalue weighted by Crippen LogP contribution is -2.37. The van der Waals surface area contributed by atoms with Gasteiger partial charge in [-0.05, 0) is 18.6 Å². The Labute approximate surface area is 208 Å². The number of hydrogen-bond donors (Lipinski definition) is 2. The molecule has 0 amide bonds. The van der Waals surface area contributed by atoms with Gasteiger partial charge in [-0.1, -0.05) is 51.4 Å². The Bertz CT molecular complexity index is 467. The Kier molecular flexibility index (Phi) is 23.0. The van der Waals surface area contributed by atoms with Crippen molar-refractivity contribution in [1.29, 1.82) is 0 Å². The fourth-order valence-corrected chi connectivity index (χ4v) is 3.87. The summed E-state index contributed by atoms with van der Waals surface area (Å²) >= 11 is 4.24. The summed E-state index contributed by atoms with van der Waals surface area (Å²) in [6.45, 7) is 3.75. The van der Waals surface area contributed by atoms with Crippen molar-refractivity contribution in [3.05, 3.63) is 0 Å². The molecule has 0 aromatic rings. The molecule has 1 N–H and O–H groups in total. The van der Waals surface area contributed by atoms with Gasteiger partial charge in [0.2, 0.25) is 0 Å². The van der Waals surface area contributed by atoms with E-state index in [1.165, 1.54) is 57.8 Å². The van der Waals surface area contributed by atoms with E-state index in [0.29, 0.717) is 37.5 Å². The van der Waals surface area contributed by atoms with E-state index >= 15 is 0 Å². The van der Waals surface area contributed by atoms with E-state index in [2.05, 4.69) is 12.6 Å². The lowest BCUT2D eigenvalue weighted by molar-refractivity contribution is -0.870. The zero-order chi connectivity index (χ0) is 24.7. The SMILES string of the molecule is C[N+](C)(C)CCOP(=O)(O)OCCOCCOCCOCCCCCCCCCCCCS. The maximum atomic E-state index is 11.7. The zero-order valence-electron chi connectivity index (χ0n) is 21.4. The van der Waals surface area contributed by atoms with E-state index in [9.17, 15) is 9.46 Å². The molecular formula is C23H51NO7PS+. The van der Waals surface area contributed by atoms with Crippen molar-refractivity contribution in [2.45, 2.75) is 64.2 Å². The van der Waals surface area contributed by atoms with Crippen LogP contribution < -0.4 is 0 Å². The summed E-state index contributed by atoms with van der Waals surface area (Å²) in [7, 11) is 1.92. The molecule has 200 valence electrons. The van der Waals surface area contributed by atoms with Gasteiger partial charge in [0.15, 0.2) is 0 Å². The number of thiol groups is 1. The average Bonchev–Trinajstić information content (AvgIpc) is 2.73. The smallest absolute Gasteiger partial charge is 0.379 e. The Morgan fingerprint density at radius 3 is 1.48 bits per heavy atom. The van der Waals surface area contributed by atoms with E-state index in [1.54, 1.807) is 0 Å². The largest absolute Gasteiger partial charge is 0.472 e. The topological polar surface area (TPSA) is 83.5 Å². The van der Waals surface area contributed by atoms with Gasteiger partial charge in [-0.2, -0.15) is 12.6 Å². The van der Waals surface area contributed by atoms with Crippen LogP contribution in [0.4, 0.5) is 0 Å². The molecular weight excluding hydrogens is 465 g/mol. The standard InChI is InChI=1S/C23H50NO7PS/c1-24(2,3)14-16-30-32(25,26)31-22-21-29-20-19-28-18-17-27-15-12-10-8-6-4-5-7-9-11-13-23-33/h4-23H2,1-3H3,(H-,25,26,33)/p+1. The van der Waals surface area contributed by atoms with Crippen LogP contribution >= 0.6 is 20.5 Å². The first kappa shape index (κ1) is 33.3. The molecule has 0 aliphatic heterocycles. The van der Waals surface area contributed by atoms with Gasteiger partial charge in [0.05, 0.1) is 60.8 Å². The van der Waals surface area contributed by atoms with Gasteiger partial charge in [0, 0.05) is 6.61 Å². The Balaban J connectivity index is 3.23. The molecule has 0 rings (SSSR count). The number of phosphoric ester groups is 1. The molecule has 0 aromatic carbocycles. The van der Waals surface area contributed by atoms with Crippen LogP contribution in [0.5, 0.6) is 0 Å². The molecule has 0 aliphatic carbocycles. The van der Waals surface area contributed by atoms with Gasteiger partial charge in [0.25, 0.3) is 0 Å². The number of rotatable bonds is 26. The van der Waals surface area contributed by atoms with Gasteiger partial charge >= 0.3 is 7.82 Å². The van der Waals surface area contributed by atoms with Crippen molar-refractivity contribution in [2.75, 3.05) is 86.3 Å². The molecule has 0 bridgehead atoms. The van der Waals surface area contributed by atoms with Crippen molar-refractivity contribution in [2.24, 2.45) is 0 Å². The minimum absolute atomic E-state index is 0.00230. The summed E-state index contributed by atoms with van der Waals surface area (Å²) in [6, 6.07) is 0. The van der Waals surface area contributed by atoms with Crippen LogP contribution in [0, 0.1) is 0 Å². The Morgan fingerprint density at radius 1 is 0.606 bits per heavy atom. The molecule has 33 heavy (non-hydrogen) atoms. The van der Waals surface area contributed by atoms with E-state index in [-0.39, 0.29) is 19.8 Å². The number of likely N-dealkylation sites (N-methyl/N-ethyl adjacent to an activating group) is 1. The number of unbranched alkanes of at least 4 members (excludes halogenated alkanes) is 9. The average molecular weight is 517 g/mol. The number of hydrogen-bond acceptors (Lipinski definition) is 7. The van der Waals surface area contributed by atoms with Crippen molar-refractivity contribution in [1.82, 2.24) is 0 Å². The molecule has 10 heteroatoms. The van der Waals surface area contributed by atoms with Gasteiger partial charge in [-0.3, -0.25) is 9.05 Å². The normalized spacial score (nSPS) is 14.0. The molecule has 0 radical (unpaired) electrons.